The Bertz CT molecular complexity index is 318. The number of rotatable bonds is 4. The molecule has 88 valence electrons. The fourth-order valence-electron chi connectivity index (χ4n) is 2.03. The molecule has 0 aromatic carbocycles. The molecule has 16 heavy (non-hydrogen) atoms. The van der Waals surface area contributed by atoms with Gasteiger partial charge in [0.05, 0.1) is 12.3 Å². The lowest BCUT2D eigenvalue weighted by Crippen LogP contribution is -2.29. The van der Waals surface area contributed by atoms with Crippen molar-refractivity contribution >= 4 is 0 Å². The highest BCUT2D eigenvalue weighted by atomic mass is 16.5. The van der Waals surface area contributed by atoms with Crippen molar-refractivity contribution in [2.75, 3.05) is 26.7 Å². The molecule has 1 fully saturated rings. The molecule has 2 rings (SSSR count). The van der Waals surface area contributed by atoms with Crippen molar-refractivity contribution in [3.05, 3.63) is 24.5 Å². The van der Waals surface area contributed by atoms with Crippen LogP contribution < -0.4 is 4.74 Å². The van der Waals surface area contributed by atoms with E-state index in [2.05, 4.69) is 16.9 Å². The molecule has 1 aromatic heterocycles. The van der Waals surface area contributed by atoms with Gasteiger partial charge in [-0.3, -0.25) is 4.98 Å². The minimum atomic E-state index is -0.384. The lowest BCUT2D eigenvalue weighted by Gasteiger charge is -2.18. The van der Waals surface area contributed by atoms with Crippen LogP contribution in [0.25, 0.3) is 0 Å². The molecule has 1 saturated heterocycles. The Morgan fingerprint density at radius 2 is 2.56 bits per heavy atom. The Morgan fingerprint density at radius 1 is 1.69 bits per heavy atom. The van der Waals surface area contributed by atoms with E-state index >= 15 is 0 Å². The maximum atomic E-state index is 9.96. The van der Waals surface area contributed by atoms with Crippen LogP contribution in [0.4, 0.5) is 0 Å². The van der Waals surface area contributed by atoms with E-state index in [1.54, 1.807) is 12.4 Å². The largest absolute Gasteiger partial charge is 0.489 e. The molecule has 0 radical (unpaired) electrons. The van der Waals surface area contributed by atoms with Gasteiger partial charge in [0.1, 0.15) is 12.4 Å². The smallest absolute Gasteiger partial charge is 0.137 e. The first-order chi connectivity index (χ1) is 7.75. The Labute approximate surface area is 95.9 Å². The van der Waals surface area contributed by atoms with Gasteiger partial charge in [-0.25, -0.2) is 0 Å². The second kappa shape index (κ2) is 5.27. The number of aliphatic hydroxyl groups excluding tert-OH is 1. The average Bonchev–Trinajstić information content (AvgIpc) is 2.74. The van der Waals surface area contributed by atoms with E-state index in [9.17, 15) is 5.11 Å². The van der Waals surface area contributed by atoms with E-state index in [0.29, 0.717) is 18.3 Å². The van der Waals surface area contributed by atoms with Gasteiger partial charge in [0.15, 0.2) is 0 Å². The van der Waals surface area contributed by atoms with Crippen LogP contribution in [0.3, 0.4) is 0 Å². The predicted molar refractivity (Wildman–Crippen MR) is 61.3 cm³/mol. The second-order valence-corrected chi connectivity index (χ2v) is 4.38. The van der Waals surface area contributed by atoms with Gasteiger partial charge in [-0.05, 0) is 32.1 Å². The number of nitrogens with zero attached hydrogens (tertiary/aromatic N) is 2. The highest BCUT2D eigenvalue weighted by Gasteiger charge is 2.26. The molecule has 4 heteroatoms. The van der Waals surface area contributed by atoms with Gasteiger partial charge in [0.25, 0.3) is 0 Å². The molecular formula is C12H18N2O2. The summed E-state index contributed by atoms with van der Waals surface area (Å²) in [6.45, 7) is 2.37. The van der Waals surface area contributed by atoms with Gasteiger partial charge < -0.3 is 14.7 Å². The third-order valence-corrected chi connectivity index (χ3v) is 3.03. The van der Waals surface area contributed by atoms with Crippen LogP contribution in [0.5, 0.6) is 5.75 Å². The van der Waals surface area contributed by atoms with Crippen molar-refractivity contribution in [2.45, 2.75) is 12.5 Å². The molecule has 2 atom stereocenters. The zero-order chi connectivity index (χ0) is 11.4. The maximum Gasteiger partial charge on any atom is 0.137 e. The van der Waals surface area contributed by atoms with Crippen molar-refractivity contribution in [2.24, 2.45) is 5.92 Å². The normalized spacial score (nSPS) is 23.2. The van der Waals surface area contributed by atoms with Crippen LogP contribution in [-0.2, 0) is 0 Å². The molecule has 0 amide bonds. The van der Waals surface area contributed by atoms with Gasteiger partial charge in [-0.1, -0.05) is 0 Å². The van der Waals surface area contributed by atoms with Crippen molar-refractivity contribution < 1.29 is 9.84 Å². The number of likely N-dealkylation sites (tertiary alicyclic amines) is 1. The third-order valence-electron chi connectivity index (χ3n) is 3.03. The van der Waals surface area contributed by atoms with Crippen LogP contribution in [0.2, 0.25) is 0 Å². The predicted octanol–water partition coefficient (Wildman–Crippen LogP) is 0.773. The Morgan fingerprint density at radius 3 is 3.19 bits per heavy atom. The first-order valence-corrected chi connectivity index (χ1v) is 5.65. The van der Waals surface area contributed by atoms with Crippen molar-refractivity contribution in [3.63, 3.8) is 0 Å². The summed E-state index contributed by atoms with van der Waals surface area (Å²) in [5.74, 6) is 1.05. The summed E-state index contributed by atoms with van der Waals surface area (Å²) in [5.41, 5.74) is 0. The van der Waals surface area contributed by atoms with Crippen LogP contribution >= 0.6 is 0 Å². The van der Waals surface area contributed by atoms with E-state index < -0.39 is 0 Å². The summed E-state index contributed by atoms with van der Waals surface area (Å²) in [7, 11) is 2.08. The fourth-order valence-corrected chi connectivity index (χ4v) is 2.03. The highest BCUT2D eigenvalue weighted by molar-refractivity contribution is 5.15. The summed E-state index contributed by atoms with van der Waals surface area (Å²) < 4.78 is 5.48. The number of ether oxygens (including phenoxy) is 1. The van der Waals surface area contributed by atoms with Gasteiger partial charge >= 0.3 is 0 Å². The van der Waals surface area contributed by atoms with E-state index in [1.165, 1.54) is 0 Å². The summed E-state index contributed by atoms with van der Waals surface area (Å²) in [6, 6.07) is 3.67. The summed E-state index contributed by atoms with van der Waals surface area (Å²) in [6.07, 6.45) is 4.03. The van der Waals surface area contributed by atoms with E-state index in [-0.39, 0.29) is 6.10 Å². The molecule has 0 spiro atoms. The van der Waals surface area contributed by atoms with Crippen LogP contribution in [0.15, 0.2) is 24.5 Å². The highest BCUT2D eigenvalue weighted by Crippen LogP contribution is 2.19. The van der Waals surface area contributed by atoms with E-state index in [1.807, 2.05) is 12.1 Å². The number of aromatic nitrogens is 1. The fraction of sp³-hybridized carbons (Fsp3) is 0.583. The zero-order valence-electron chi connectivity index (χ0n) is 9.54. The standard InChI is InChI=1S/C12H18N2O2/c1-14-6-4-10(8-14)12(15)9-16-11-3-2-5-13-7-11/h2-3,5,7,10,12,15H,4,6,8-9H2,1H3. The van der Waals surface area contributed by atoms with E-state index in [0.717, 1.165) is 19.5 Å². The topological polar surface area (TPSA) is 45.6 Å². The third kappa shape index (κ3) is 2.93. The average molecular weight is 222 g/mol. The quantitative estimate of drug-likeness (QED) is 0.817. The maximum absolute atomic E-state index is 9.96. The zero-order valence-corrected chi connectivity index (χ0v) is 9.54. The number of hydrogen-bond donors (Lipinski definition) is 1. The minimum Gasteiger partial charge on any atom is -0.489 e. The Hall–Kier alpha value is -1.13. The molecule has 1 aromatic rings. The molecule has 1 aliphatic rings. The first kappa shape index (κ1) is 11.4. The first-order valence-electron chi connectivity index (χ1n) is 5.65. The van der Waals surface area contributed by atoms with Gasteiger partial charge in [-0.15, -0.1) is 0 Å². The SMILES string of the molecule is CN1CCC(C(O)COc2cccnc2)C1. The molecule has 1 aliphatic heterocycles. The van der Waals surface area contributed by atoms with Crippen LogP contribution in [0, 0.1) is 5.92 Å². The Kier molecular flexibility index (Phi) is 3.74. The lowest BCUT2D eigenvalue weighted by atomic mass is 10.0. The molecule has 0 bridgehead atoms. The van der Waals surface area contributed by atoms with Gasteiger partial charge in [0.2, 0.25) is 0 Å². The molecule has 4 nitrogen and oxygen atoms in total. The molecule has 1 N–H and O–H groups in total. The second-order valence-electron chi connectivity index (χ2n) is 4.38. The van der Waals surface area contributed by atoms with Crippen molar-refractivity contribution in [1.82, 2.24) is 9.88 Å². The summed E-state index contributed by atoms with van der Waals surface area (Å²) in [5, 5.41) is 9.96. The number of pyridine rings is 1. The molecule has 2 unspecified atom stereocenters. The number of aliphatic hydroxyl groups is 1. The molecular weight excluding hydrogens is 204 g/mol. The summed E-state index contributed by atoms with van der Waals surface area (Å²) >= 11 is 0. The van der Waals surface area contributed by atoms with Gasteiger partial charge in [-0.2, -0.15) is 0 Å². The lowest BCUT2D eigenvalue weighted by molar-refractivity contribution is 0.0606. The minimum absolute atomic E-state index is 0.335. The Balaban J connectivity index is 1.78. The van der Waals surface area contributed by atoms with Crippen molar-refractivity contribution in [3.8, 4) is 5.75 Å². The van der Waals surface area contributed by atoms with Crippen molar-refractivity contribution in [1.29, 1.82) is 0 Å². The summed E-state index contributed by atoms with van der Waals surface area (Å²) in [4.78, 5) is 6.19. The number of hydrogen-bond acceptors (Lipinski definition) is 4. The monoisotopic (exact) mass is 222 g/mol. The van der Waals surface area contributed by atoms with Crippen LogP contribution in [-0.4, -0.2) is 47.8 Å². The van der Waals surface area contributed by atoms with E-state index in [4.69, 9.17) is 4.74 Å². The molecule has 2 heterocycles. The molecule has 0 aliphatic carbocycles. The molecule has 0 saturated carbocycles. The van der Waals surface area contributed by atoms with Gasteiger partial charge in [0, 0.05) is 18.7 Å². The van der Waals surface area contributed by atoms with Crippen LogP contribution in [0.1, 0.15) is 6.42 Å².